The van der Waals surface area contributed by atoms with E-state index in [4.69, 9.17) is 0 Å². The standard InChI is InChI=1S/C19H23N5O3S/c1-24(2)16-9-10-17(22-21-16)28(26,27)23-19(25)20-18-14-7-3-5-12(14)11-13-6-4-8-15(13)18/h9-11H,3-8H2,1-2H3,(H2,20,23,25). The Kier molecular flexibility index (Phi) is 4.70. The zero-order chi connectivity index (χ0) is 19.9. The summed E-state index contributed by atoms with van der Waals surface area (Å²) in [4.78, 5) is 14.2. The zero-order valence-corrected chi connectivity index (χ0v) is 16.8. The van der Waals surface area contributed by atoms with E-state index in [1.165, 1.54) is 23.3 Å². The highest BCUT2D eigenvalue weighted by Crippen LogP contribution is 2.38. The number of fused-ring (bicyclic) bond motifs is 2. The maximum Gasteiger partial charge on any atom is 0.333 e. The summed E-state index contributed by atoms with van der Waals surface area (Å²) in [5.41, 5.74) is 5.61. The van der Waals surface area contributed by atoms with Gasteiger partial charge in [0, 0.05) is 19.8 Å². The van der Waals surface area contributed by atoms with Crippen molar-refractivity contribution in [1.82, 2.24) is 14.9 Å². The molecule has 2 aliphatic carbocycles. The normalized spacial score (nSPS) is 15.1. The second kappa shape index (κ2) is 7.05. The van der Waals surface area contributed by atoms with Crippen LogP contribution in [0.3, 0.4) is 0 Å². The molecule has 0 atom stereocenters. The third-order valence-electron chi connectivity index (χ3n) is 5.30. The van der Waals surface area contributed by atoms with Gasteiger partial charge in [0.05, 0.1) is 0 Å². The Morgan fingerprint density at radius 2 is 1.64 bits per heavy atom. The van der Waals surface area contributed by atoms with Crippen molar-refractivity contribution in [3.63, 3.8) is 0 Å². The lowest BCUT2D eigenvalue weighted by Crippen LogP contribution is -2.35. The molecule has 2 aromatic rings. The summed E-state index contributed by atoms with van der Waals surface area (Å²) in [6.45, 7) is 0. The first-order valence-electron chi connectivity index (χ1n) is 9.36. The van der Waals surface area contributed by atoms with E-state index in [1.807, 2.05) is 0 Å². The van der Waals surface area contributed by atoms with Crippen molar-refractivity contribution < 1.29 is 13.2 Å². The molecule has 0 spiro atoms. The molecule has 0 bridgehead atoms. The first-order chi connectivity index (χ1) is 13.3. The zero-order valence-electron chi connectivity index (χ0n) is 15.9. The highest BCUT2D eigenvalue weighted by molar-refractivity contribution is 7.90. The first-order valence-corrected chi connectivity index (χ1v) is 10.8. The van der Waals surface area contributed by atoms with E-state index in [1.54, 1.807) is 19.0 Å². The summed E-state index contributed by atoms with van der Waals surface area (Å²) >= 11 is 0. The van der Waals surface area contributed by atoms with Crippen molar-refractivity contribution in [1.29, 1.82) is 0 Å². The molecule has 148 valence electrons. The van der Waals surface area contributed by atoms with E-state index < -0.39 is 16.1 Å². The summed E-state index contributed by atoms with van der Waals surface area (Å²) in [5, 5.41) is 10.1. The molecule has 1 heterocycles. The van der Waals surface area contributed by atoms with Crippen LogP contribution < -0.4 is 14.9 Å². The van der Waals surface area contributed by atoms with Crippen LogP contribution in [0.15, 0.2) is 23.2 Å². The summed E-state index contributed by atoms with van der Waals surface area (Å²) < 4.78 is 27.0. The highest BCUT2D eigenvalue weighted by atomic mass is 32.2. The van der Waals surface area contributed by atoms with E-state index in [2.05, 4.69) is 26.3 Å². The van der Waals surface area contributed by atoms with Crippen molar-refractivity contribution in [3.8, 4) is 0 Å². The Bertz CT molecular complexity index is 1000. The van der Waals surface area contributed by atoms with Crippen molar-refractivity contribution in [2.75, 3.05) is 24.3 Å². The summed E-state index contributed by atoms with van der Waals surface area (Å²) in [5.74, 6) is 0.527. The van der Waals surface area contributed by atoms with Gasteiger partial charge in [0.15, 0.2) is 10.8 Å². The second-order valence-corrected chi connectivity index (χ2v) is 9.05. The van der Waals surface area contributed by atoms with E-state index in [9.17, 15) is 13.2 Å². The lowest BCUT2D eigenvalue weighted by Gasteiger charge is -2.16. The molecule has 4 rings (SSSR count). The fourth-order valence-electron chi connectivity index (χ4n) is 3.98. The number of amides is 2. The average Bonchev–Trinajstić information content (AvgIpc) is 3.30. The largest absolute Gasteiger partial charge is 0.361 e. The van der Waals surface area contributed by atoms with Crippen molar-refractivity contribution in [2.45, 2.75) is 43.6 Å². The molecule has 9 heteroatoms. The van der Waals surface area contributed by atoms with Crippen molar-refractivity contribution >= 4 is 27.6 Å². The quantitative estimate of drug-likeness (QED) is 0.812. The van der Waals surface area contributed by atoms with Crippen LogP contribution in [0, 0.1) is 0 Å². The van der Waals surface area contributed by atoms with Gasteiger partial charge >= 0.3 is 6.03 Å². The van der Waals surface area contributed by atoms with Gasteiger partial charge in [-0.3, -0.25) is 0 Å². The van der Waals surface area contributed by atoms with Gasteiger partial charge in [0.2, 0.25) is 0 Å². The number of anilines is 2. The van der Waals surface area contributed by atoms with Crippen LogP contribution in [0.25, 0.3) is 0 Å². The minimum atomic E-state index is -4.10. The number of nitrogens with one attached hydrogen (secondary N) is 2. The van der Waals surface area contributed by atoms with Crippen LogP contribution in [-0.4, -0.2) is 38.7 Å². The predicted molar refractivity (Wildman–Crippen MR) is 106 cm³/mol. The topological polar surface area (TPSA) is 104 Å². The molecular formula is C19H23N5O3S. The fraction of sp³-hybridized carbons (Fsp3) is 0.421. The van der Waals surface area contributed by atoms with E-state index in [0.29, 0.717) is 5.82 Å². The number of carbonyl (C=O) groups is 1. The van der Waals surface area contributed by atoms with Gasteiger partial charge in [-0.05, 0) is 72.9 Å². The lowest BCUT2D eigenvalue weighted by molar-refractivity contribution is 0.256. The van der Waals surface area contributed by atoms with Crippen LogP contribution in [0.1, 0.15) is 35.1 Å². The number of rotatable bonds is 4. The number of aromatic nitrogens is 2. The average molecular weight is 401 g/mol. The smallest absolute Gasteiger partial charge is 0.333 e. The Morgan fingerprint density at radius 1 is 1.00 bits per heavy atom. The number of sulfonamides is 1. The Balaban J connectivity index is 1.55. The molecule has 1 aromatic heterocycles. The molecule has 1 aromatic carbocycles. The van der Waals surface area contributed by atoms with Crippen LogP contribution >= 0.6 is 0 Å². The summed E-state index contributed by atoms with van der Waals surface area (Å²) in [6.07, 6.45) is 5.93. The molecule has 8 nitrogen and oxygen atoms in total. The van der Waals surface area contributed by atoms with Crippen LogP contribution in [0.2, 0.25) is 0 Å². The fourth-order valence-corrected chi connectivity index (χ4v) is 4.77. The minimum Gasteiger partial charge on any atom is -0.361 e. The van der Waals surface area contributed by atoms with E-state index >= 15 is 0 Å². The molecule has 0 saturated heterocycles. The molecule has 28 heavy (non-hydrogen) atoms. The van der Waals surface area contributed by atoms with E-state index in [-0.39, 0.29) is 5.03 Å². The van der Waals surface area contributed by atoms with Crippen molar-refractivity contribution in [2.24, 2.45) is 0 Å². The molecule has 0 unspecified atom stereocenters. The number of hydrogen-bond acceptors (Lipinski definition) is 6. The number of carbonyl (C=O) groups excluding carboxylic acids is 1. The maximum atomic E-state index is 12.5. The lowest BCUT2D eigenvalue weighted by atomic mass is 9.99. The first kappa shape index (κ1) is 18.7. The molecular weight excluding hydrogens is 378 g/mol. The number of benzene rings is 1. The third-order valence-corrected chi connectivity index (χ3v) is 6.52. The van der Waals surface area contributed by atoms with Gasteiger partial charge in [-0.25, -0.2) is 9.52 Å². The molecule has 0 fully saturated rings. The Hall–Kier alpha value is -2.68. The van der Waals surface area contributed by atoms with Crippen LogP contribution in [-0.2, 0) is 35.7 Å². The molecule has 0 aliphatic heterocycles. The Labute approximate surface area is 164 Å². The molecule has 2 aliphatic rings. The third kappa shape index (κ3) is 3.42. The number of nitrogens with zero attached hydrogens (tertiary/aromatic N) is 3. The number of aryl methyl sites for hydroxylation is 2. The Morgan fingerprint density at radius 3 is 2.18 bits per heavy atom. The SMILES string of the molecule is CN(C)c1ccc(S(=O)(=O)NC(=O)Nc2c3c(cc4c2CCC4)CCC3)nn1. The van der Waals surface area contributed by atoms with Crippen molar-refractivity contribution in [3.05, 3.63) is 40.5 Å². The van der Waals surface area contributed by atoms with Crippen LogP contribution in [0.5, 0.6) is 0 Å². The van der Waals surface area contributed by atoms with Crippen LogP contribution in [0.4, 0.5) is 16.3 Å². The predicted octanol–water partition coefficient (Wildman–Crippen LogP) is 2.03. The van der Waals surface area contributed by atoms with Gasteiger partial charge in [0.1, 0.15) is 0 Å². The highest BCUT2D eigenvalue weighted by Gasteiger charge is 2.26. The molecule has 0 saturated carbocycles. The maximum absolute atomic E-state index is 12.5. The molecule has 2 N–H and O–H groups in total. The summed E-state index contributed by atoms with van der Waals surface area (Å²) in [6, 6.07) is 4.35. The monoisotopic (exact) mass is 401 g/mol. The van der Waals surface area contributed by atoms with Gasteiger partial charge in [-0.1, -0.05) is 6.07 Å². The second-order valence-electron chi connectivity index (χ2n) is 7.42. The van der Waals surface area contributed by atoms with Gasteiger partial charge in [-0.15, -0.1) is 10.2 Å². The van der Waals surface area contributed by atoms with Gasteiger partial charge in [-0.2, -0.15) is 8.42 Å². The summed E-state index contributed by atoms with van der Waals surface area (Å²) in [7, 11) is -0.548. The van der Waals surface area contributed by atoms with Gasteiger partial charge in [0.25, 0.3) is 10.0 Å². The number of urea groups is 1. The number of hydrogen-bond donors (Lipinski definition) is 2. The molecule has 2 amide bonds. The van der Waals surface area contributed by atoms with Gasteiger partial charge < -0.3 is 10.2 Å². The molecule has 0 radical (unpaired) electrons. The minimum absolute atomic E-state index is 0.295. The van der Waals surface area contributed by atoms with E-state index in [0.717, 1.165) is 55.3 Å².